The van der Waals surface area contributed by atoms with Crippen LogP contribution in [0.25, 0.3) is 10.2 Å². The number of hydrogen-bond donors (Lipinski definition) is 2. The Morgan fingerprint density at radius 2 is 1.94 bits per heavy atom. The quantitative estimate of drug-likeness (QED) is 0.532. The van der Waals surface area contributed by atoms with Gasteiger partial charge in [0.2, 0.25) is 11.9 Å². The second-order valence-corrected chi connectivity index (χ2v) is 10.4. The number of carbonyl (C=O) groups is 2. The van der Waals surface area contributed by atoms with Crippen LogP contribution < -0.4 is 10.6 Å². The van der Waals surface area contributed by atoms with E-state index in [0.717, 1.165) is 36.1 Å². The summed E-state index contributed by atoms with van der Waals surface area (Å²) in [7, 11) is 0. The number of hydrogen-bond acceptors (Lipinski definition) is 7. The van der Waals surface area contributed by atoms with Gasteiger partial charge < -0.3 is 15.5 Å². The van der Waals surface area contributed by atoms with Gasteiger partial charge in [-0.05, 0) is 55.2 Å². The van der Waals surface area contributed by atoms with Gasteiger partial charge in [-0.2, -0.15) is 0 Å². The maximum Gasteiger partial charge on any atom is 0.274 e. The summed E-state index contributed by atoms with van der Waals surface area (Å²) in [6.07, 6.45) is 5.79. The summed E-state index contributed by atoms with van der Waals surface area (Å²) in [6, 6.07) is 2.95. The Morgan fingerprint density at radius 3 is 2.60 bits per heavy atom. The molecular weight excluding hydrogens is 467 g/mol. The Kier molecular flexibility index (Phi) is 6.16. The van der Waals surface area contributed by atoms with Gasteiger partial charge in [0.15, 0.2) is 5.69 Å². The van der Waals surface area contributed by atoms with Crippen LogP contribution in [0.1, 0.15) is 62.1 Å². The fourth-order valence-corrected chi connectivity index (χ4v) is 5.81. The van der Waals surface area contributed by atoms with E-state index in [0.29, 0.717) is 35.8 Å². The molecular formula is C25H29FN6O2S. The summed E-state index contributed by atoms with van der Waals surface area (Å²) in [6.45, 7) is 6.82. The minimum absolute atomic E-state index is 0.00534. The Labute approximate surface area is 207 Å². The molecule has 3 aromatic rings. The van der Waals surface area contributed by atoms with Crippen LogP contribution in [-0.4, -0.2) is 50.8 Å². The molecule has 3 aromatic heterocycles. The molecule has 10 heteroatoms. The van der Waals surface area contributed by atoms with Crippen molar-refractivity contribution in [3.8, 4) is 0 Å². The molecule has 0 radical (unpaired) electrons. The highest BCUT2D eigenvalue weighted by Gasteiger charge is 2.61. The second-order valence-electron chi connectivity index (χ2n) is 9.47. The predicted octanol–water partition coefficient (Wildman–Crippen LogP) is 4.17. The summed E-state index contributed by atoms with van der Waals surface area (Å²) in [5.74, 6) is 0.611. The number of fused-ring (bicyclic) bond motifs is 1. The number of pyridine rings is 1. The molecule has 3 saturated carbocycles. The topological polar surface area (TPSA) is 100 Å². The van der Waals surface area contributed by atoms with Crippen molar-refractivity contribution in [2.45, 2.75) is 52.1 Å². The number of carbonyl (C=O) groups excluding carboxylic acids is 2. The van der Waals surface area contributed by atoms with Crippen LogP contribution in [0.5, 0.6) is 0 Å². The third-order valence-electron chi connectivity index (χ3n) is 7.10. The highest BCUT2D eigenvalue weighted by molar-refractivity contribution is 7.17. The highest BCUT2D eigenvalue weighted by Crippen LogP contribution is 2.64. The van der Waals surface area contributed by atoms with Gasteiger partial charge in [0.25, 0.3) is 5.91 Å². The van der Waals surface area contributed by atoms with Crippen molar-refractivity contribution in [2.75, 3.05) is 18.4 Å². The minimum Gasteiger partial charge on any atom is -0.349 e. The van der Waals surface area contributed by atoms with Crippen LogP contribution in [-0.2, 0) is 4.79 Å². The van der Waals surface area contributed by atoms with Crippen LogP contribution in [0.15, 0.2) is 29.9 Å². The monoisotopic (exact) mass is 496 g/mol. The van der Waals surface area contributed by atoms with Crippen molar-refractivity contribution < 1.29 is 14.0 Å². The van der Waals surface area contributed by atoms with E-state index >= 15 is 0 Å². The van der Waals surface area contributed by atoms with Gasteiger partial charge in [0.1, 0.15) is 5.82 Å². The van der Waals surface area contributed by atoms with Crippen LogP contribution in [0.2, 0.25) is 0 Å². The normalized spacial score (nSPS) is 23.2. The van der Waals surface area contributed by atoms with Gasteiger partial charge in [-0.3, -0.25) is 14.6 Å². The van der Waals surface area contributed by atoms with Crippen LogP contribution in [0.4, 0.5) is 10.3 Å². The van der Waals surface area contributed by atoms with E-state index in [1.807, 2.05) is 32.2 Å². The van der Waals surface area contributed by atoms with Gasteiger partial charge in [0, 0.05) is 24.7 Å². The van der Waals surface area contributed by atoms with E-state index in [9.17, 15) is 14.0 Å². The molecule has 2 bridgehead atoms. The number of nitrogens with one attached hydrogen (secondary N) is 2. The number of amides is 2. The molecule has 4 fully saturated rings. The van der Waals surface area contributed by atoms with Crippen molar-refractivity contribution >= 4 is 39.3 Å². The second kappa shape index (κ2) is 9.14. The third-order valence-corrected chi connectivity index (χ3v) is 8.01. The summed E-state index contributed by atoms with van der Waals surface area (Å²) in [4.78, 5) is 40.4. The Hall–Kier alpha value is -3.14. The summed E-state index contributed by atoms with van der Waals surface area (Å²) in [5, 5.41) is 8.15. The van der Waals surface area contributed by atoms with Gasteiger partial charge in [-0.1, -0.05) is 13.8 Å². The van der Waals surface area contributed by atoms with Crippen molar-refractivity contribution in [1.82, 2.24) is 25.2 Å². The summed E-state index contributed by atoms with van der Waals surface area (Å²) >= 11 is 1.42. The molecule has 1 saturated heterocycles. The van der Waals surface area contributed by atoms with E-state index in [1.54, 1.807) is 11.1 Å². The average molecular weight is 497 g/mol. The molecule has 35 heavy (non-hydrogen) atoms. The zero-order chi connectivity index (χ0) is 24.7. The smallest absolute Gasteiger partial charge is 0.274 e. The Morgan fingerprint density at radius 1 is 1.20 bits per heavy atom. The predicted molar refractivity (Wildman–Crippen MR) is 133 cm³/mol. The number of nitrogens with zero attached hydrogens (tertiary/aromatic N) is 4. The number of rotatable bonds is 6. The molecule has 0 spiro atoms. The van der Waals surface area contributed by atoms with Crippen LogP contribution >= 0.6 is 11.3 Å². The zero-order valence-electron chi connectivity index (χ0n) is 20.0. The number of halogens is 1. The maximum absolute atomic E-state index is 13.5. The molecule has 0 aromatic carbocycles. The Bertz CT molecular complexity index is 1260. The molecule has 3 aliphatic carbocycles. The first-order chi connectivity index (χ1) is 16.9. The first-order valence-corrected chi connectivity index (χ1v) is 13.0. The molecule has 2 amide bonds. The van der Waals surface area contributed by atoms with E-state index in [4.69, 9.17) is 0 Å². The lowest BCUT2D eigenvalue weighted by atomic mass is 9.44. The summed E-state index contributed by atoms with van der Waals surface area (Å²) in [5.41, 5.74) is 1.56. The molecule has 1 unspecified atom stereocenters. The fourth-order valence-electron chi connectivity index (χ4n) is 5.00. The van der Waals surface area contributed by atoms with Crippen LogP contribution in [0, 0.1) is 17.2 Å². The number of likely N-dealkylation sites (tertiary alicyclic amines) is 1. The largest absolute Gasteiger partial charge is 0.349 e. The molecule has 7 rings (SSSR count). The van der Waals surface area contributed by atoms with E-state index in [2.05, 4.69) is 25.6 Å². The van der Waals surface area contributed by atoms with Gasteiger partial charge >= 0.3 is 0 Å². The van der Waals surface area contributed by atoms with Crippen molar-refractivity contribution in [2.24, 2.45) is 11.3 Å². The zero-order valence-corrected chi connectivity index (χ0v) is 20.9. The molecule has 4 aliphatic rings. The average Bonchev–Trinajstić information content (AvgIpc) is 3.23. The van der Waals surface area contributed by atoms with Gasteiger partial charge in [-0.25, -0.2) is 14.4 Å². The van der Waals surface area contributed by atoms with Gasteiger partial charge in [-0.15, -0.1) is 11.3 Å². The molecule has 184 valence electrons. The minimum atomic E-state index is -0.417. The highest BCUT2D eigenvalue weighted by atomic mass is 32.1. The SMILES string of the molecule is CC.CC(Nc1nc(C(=O)N2CC(NC(=O)C34CC(C3)C4)C2)c2sccc2n1)c1cncc(F)c1. The lowest BCUT2D eigenvalue weighted by Gasteiger charge is -2.60. The van der Waals surface area contributed by atoms with Crippen molar-refractivity contribution in [1.29, 1.82) is 0 Å². The molecule has 4 heterocycles. The standard InChI is InChI=1S/C23H23FN6O2S.C2H6/c1-12(14-4-15(24)9-25-8-14)26-22-28-17-2-3-33-19(17)18(29-22)20(31)30-10-16(11-30)27-21(32)23-5-13(6-23)7-23;1-2/h2-4,8-9,12-13,16H,5-7,10-11H2,1H3,(H,27,32)(H,26,28,29);1-2H3. The molecule has 8 nitrogen and oxygen atoms in total. The van der Waals surface area contributed by atoms with Crippen molar-refractivity contribution in [3.05, 3.63) is 47.0 Å². The fraction of sp³-hybridized carbons (Fsp3) is 0.480. The molecule has 1 atom stereocenters. The Balaban J connectivity index is 0.00000124. The lowest BCUT2D eigenvalue weighted by molar-refractivity contribution is -0.166. The number of aromatic nitrogens is 3. The lowest BCUT2D eigenvalue weighted by Crippen LogP contribution is -2.67. The number of thiophene rings is 1. The molecule has 1 aliphatic heterocycles. The first-order valence-electron chi connectivity index (χ1n) is 12.1. The van der Waals surface area contributed by atoms with E-state index in [-0.39, 0.29) is 29.3 Å². The third kappa shape index (κ3) is 4.24. The first kappa shape index (κ1) is 23.6. The van der Waals surface area contributed by atoms with Crippen LogP contribution in [0.3, 0.4) is 0 Å². The van der Waals surface area contributed by atoms with Gasteiger partial charge in [0.05, 0.1) is 28.5 Å². The van der Waals surface area contributed by atoms with Crippen molar-refractivity contribution in [3.63, 3.8) is 0 Å². The number of anilines is 1. The van der Waals surface area contributed by atoms with E-state index in [1.165, 1.54) is 17.4 Å². The maximum atomic E-state index is 13.5. The summed E-state index contributed by atoms with van der Waals surface area (Å²) < 4.78 is 14.3. The molecule has 2 N–H and O–H groups in total. The van der Waals surface area contributed by atoms with E-state index < -0.39 is 5.82 Å².